The van der Waals surface area contributed by atoms with Crippen molar-refractivity contribution in [3.63, 3.8) is 0 Å². The Morgan fingerprint density at radius 2 is 1.68 bits per heavy atom. The SMILES string of the molecule is Cc1cc(-c2ccc(CC(=O)Cc3cc(Br)ccc3C)cc2)ccn1. The van der Waals surface area contributed by atoms with E-state index < -0.39 is 0 Å². The molecular formula is C22H20BrNO. The highest BCUT2D eigenvalue weighted by molar-refractivity contribution is 9.10. The Morgan fingerprint density at radius 1 is 0.920 bits per heavy atom. The molecule has 0 saturated carbocycles. The molecule has 0 saturated heterocycles. The van der Waals surface area contributed by atoms with E-state index in [1.807, 2.05) is 56.4 Å². The largest absolute Gasteiger partial charge is 0.299 e. The molecule has 0 N–H and O–H groups in total. The molecule has 0 atom stereocenters. The molecule has 0 fully saturated rings. The fourth-order valence-corrected chi connectivity index (χ4v) is 3.28. The van der Waals surface area contributed by atoms with Crippen LogP contribution in [0.5, 0.6) is 0 Å². The Hall–Kier alpha value is -2.26. The topological polar surface area (TPSA) is 30.0 Å². The van der Waals surface area contributed by atoms with Gasteiger partial charge >= 0.3 is 0 Å². The highest BCUT2D eigenvalue weighted by atomic mass is 79.9. The number of nitrogens with zero attached hydrogens (tertiary/aromatic N) is 1. The minimum absolute atomic E-state index is 0.230. The van der Waals surface area contributed by atoms with Crippen LogP contribution in [0.1, 0.15) is 22.4 Å². The van der Waals surface area contributed by atoms with Crippen LogP contribution in [0.25, 0.3) is 11.1 Å². The van der Waals surface area contributed by atoms with Gasteiger partial charge in [-0.25, -0.2) is 0 Å². The molecule has 2 aromatic carbocycles. The Bertz CT molecular complexity index is 900. The van der Waals surface area contributed by atoms with Crippen molar-refractivity contribution in [3.8, 4) is 11.1 Å². The maximum absolute atomic E-state index is 12.4. The molecule has 0 aliphatic carbocycles. The van der Waals surface area contributed by atoms with Crippen LogP contribution in [0.3, 0.4) is 0 Å². The zero-order valence-corrected chi connectivity index (χ0v) is 16.0. The average molecular weight is 394 g/mol. The van der Waals surface area contributed by atoms with Crippen LogP contribution < -0.4 is 0 Å². The van der Waals surface area contributed by atoms with Crippen LogP contribution in [0.2, 0.25) is 0 Å². The second-order valence-corrected chi connectivity index (χ2v) is 7.26. The van der Waals surface area contributed by atoms with Crippen molar-refractivity contribution in [2.75, 3.05) is 0 Å². The van der Waals surface area contributed by atoms with Gasteiger partial charge in [-0.05, 0) is 65.9 Å². The quantitative estimate of drug-likeness (QED) is 0.574. The molecule has 0 aliphatic rings. The monoisotopic (exact) mass is 393 g/mol. The fourth-order valence-electron chi connectivity index (χ4n) is 2.87. The first kappa shape index (κ1) is 17.6. The van der Waals surface area contributed by atoms with Crippen molar-refractivity contribution in [1.29, 1.82) is 0 Å². The number of hydrogen-bond acceptors (Lipinski definition) is 2. The summed E-state index contributed by atoms with van der Waals surface area (Å²) in [4.78, 5) is 16.6. The third-order valence-electron chi connectivity index (χ3n) is 4.28. The molecule has 3 heteroatoms. The molecule has 3 aromatic rings. The molecule has 25 heavy (non-hydrogen) atoms. The Balaban J connectivity index is 1.69. The Labute approximate surface area is 157 Å². The number of carbonyl (C=O) groups excluding carboxylic acids is 1. The molecule has 2 nitrogen and oxygen atoms in total. The van der Waals surface area contributed by atoms with E-state index >= 15 is 0 Å². The number of aromatic nitrogens is 1. The van der Waals surface area contributed by atoms with Crippen molar-refractivity contribution in [2.24, 2.45) is 0 Å². The van der Waals surface area contributed by atoms with Crippen LogP contribution in [-0.4, -0.2) is 10.8 Å². The Morgan fingerprint density at radius 3 is 2.40 bits per heavy atom. The van der Waals surface area contributed by atoms with E-state index in [0.29, 0.717) is 12.8 Å². The highest BCUT2D eigenvalue weighted by Gasteiger charge is 2.08. The van der Waals surface area contributed by atoms with Gasteiger partial charge in [0, 0.05) is 29.2 Å². The number of rotatable bonds is 5. The van der Waals surface area contributed by atoms with E-state index in [0.717, 1.165) is 38.0 Å². The Kier molecular flexibility index (Phi) is 5.44. The standard InChI is InChI=1S/C22H20BrNO/c1-15-3-8-21(23)13-20(15)14-22(25)12-17-4-6-18(7-5-17)19-9-10-24-16(2)11-19/h3-11,13H,12,14H2,1-2H3. The van der Waals surface area contributed by atoms with Crippen LogP contribution >= 0.6 is 15.9 Å². The van der Waals surface area contributed by atoms with Crippen molar-refractivity contribution in [2.45, 2.75) is 26.7 Å². The van der Waals surface area contributed by atoms with Crippen molar-refractivity contribution in [3.05, 3.63) is 87.7 Å². The second kappa shape index (κ2) is 7.75. The maximum Gasteiger partial charge on any atom is 0.141 e. The molecule has 126 valence electrons. The molecule has 1 aromatic heterocycles. The lowest BCUT2D eigenvalue weighted by Crippen LogP contribution is -2.07. The van der Waals surface area contributed by atoms with Gasteiger partial charge in [0.25, 0.3) is 0 Å². The summed E-state index contributed by atoms with van der Waals surface area (Å²) in [5.74, 6) is 0.230. The molecule has 3 rings (SSSR count). The summed E-state index contributed by atoms with van der Waals surface area (Å²) in [6.45, 7) is 4.03. The summed E-state index contributed by atoms with van der Waals surface area (Å²) in [5.41, 5.74) is 6.58. The van der Waals surface area contributed by atoms with Crippen molar-refractivity contribution < 1.29 is 4.79 Å². The molecular weight excluding hydrogens is 374 g/mol. The first-order valence-electron chi connectivity index (χ1n) is 8.30. The van der Waals surface area contributed by atoms with E-state index in [9.17, 15) is 4.79 Å². The van der Waals surface area contributed by atoms with Gasteiger partial charge in [-0.1, -0.05) is 46.3 Å². The fraction of sp³-hybridized carbons (Fsp3) is 0.182. The lowest BCUT2D eigenvalue weighted by Gasteiger charge is -2.07. The number of pyridine rings is 1. The van der Waals surface area contributed by atoms with Gasteiger partial charge in [-0.3, -0.25) is 9.78 Å². The minimum Gasteiger partial charge on any atom is -0.299 e. The van der Waals surface area contributed by atoms with Crippen LogP contribution in [0, 0.1) is 13.8 Å². The zero-order valence-electron chi connectivity index (χ0n) is 14.4. The summed E-state index contributed by atoms with van der Waals surface area (Å²) < 4.78 is 1.01. The van der Waals surface area contributed by atoms with Crippen LogP contribution in [0.4, 0.5) is 0 Å². The number of carbonyl (C=O) groups is 1. The van der Waals surface area contributed by atoms with E-state index in [1.54, 1.807) is 0 Å². The molecule has 0 bridgehead atoms. The van der Waals surface area contributed by atoms with Gasteiger partial charge in [0.15, 0.2) is 0 Å². The number of benzene rings is 2. The number of ketones is 1. The van der Waals surface area contributed by atoms with E-state index in [1.165, 1.54) is 0 Å². The van der Waals surface area contributed by atoms with Crippen LogP contribution in [0.15, 0.2) is 65.3 Å². The third-order valence-corrected chi connectivity index (χ3v) is 4.78. The number of Topliss-reactive ketones (excluding diaryl/α,β-unsaturated/α-hetero) is 1. The summed E-state index contributed by atoms with van der Waals surface area (Å²) in [5, 5.41) is 0. The van der Waals surface area contributed by atoms with Crippen molar-refractivity contribution >= 4 is 21.7 Å². The summed E-state index contributed by atoms with van der Waals surface area (Å²) in [7, 11) is 0. The summed E-state index contributed by atoms with van der Waals surface area (Å²) in [6, 6.07) is 18.4. The van der Waals surface area contributed by atoms with Crippen molar-refractivity contribution in [1.82, 2.24) is 4.98 Å². The third kappa shape index (κ3) is 4.64. The smallest absolute Gasteiger partial charge is 0.141 e. The average Bonchev–Trinajstić information content (AvgIpc) is 2.59. The molecule has 0 spiro atoms. The minimum atomic E-state index is 0.230. The van der Waals surface area contributed by atoms with Gasteiger partial charge in [0.2, 0.25) is 0 Å². The first-order chi connectivity index (χ1) is 12.0. The van der Waals surface area contributed by atoms with Crippen LogP contribution in [-0.2, 0) is 17.6 Å². The normalized spacial score (nSPS) is 10.7. The lowest BCUT2D eigenvalue weighted by atomic mass is 9.98. The van der Waals surface area contributed by atoms with Gasteiger partial charge in [0.05, 0.1) is 0 Å². The highest BCUT2D eigenvalue weighted by Crippen LogP contribution is 2.21. The number of halogens is 1. The lowest BCUT2D eigenvalue weighted by molar-refractivity contribution is -0.117. The van der Waals surface area contributed by atoms with Gasteiger partial charge in [0.1, 0.15) is 5.78 Å². The van der Waals surface area contributed by atoms with Gasteiger partial charge in [-0.15, -0.1) is 0 Å². The molecule has 0 amide bonds. The molecule has 1 heterocycles. The predicted molar refractivity (Wildman–Crippen MR) is 106 cm³/mol. The van der Waals surface area contributed by atoms with E-state index in [2.05, 4.69) is 39.1 Å². The van der Waals surface area contributed by atoms with E-state index in [-0.39, 0.29) is 5.78 Å². The summed E-state index contributed by atoms with van der Waals surface area (Å²) >= 11 is 3.47. The predicted octanol–water partition coefficient (Wildman–Crippen LogP) is 5.48. The number of hydrogen-bond donors (Lipinski definition) is 0. The number of aryl methyl sites for hydroxylation is 2. The maximum atomic E-state index is 12.4. The zero-order chi connectivity index (χ0) is 17.8. The summed E-state index contributed by atoms with van der Waals surface area (Å²) in [6.07, 6.45) is 2.75. The second-order valence-electron chi connectivity index (χ2n) is 6.35. The molecule has 0 aliphatic heterocycles. The van der Waals surface area contributed by atoms with E-state index in [4.69, 9.17) is 0 Å². The first-order valence-corrected chi connectivity index (χ1v) is 9.09. The molecule has 0 radical (unpaired) electrons. The van der Waals surface area contributed by atoms with Gasteiger partial charge < -0.3 is 0 Å². The van der Waals surface area contributed by atoms with Gasteiger partial charge in [-0.2, -0.15) is 0 Å². The molecule has 0 unspecified atom stereocenters.